The van der Waals surface area contributed by atoms with Crippen molar-refractivity contribution >= 4 is 52.7 Å². The summed E-state index contributed by atoms with van der Waals surface area (Å²) in [7, 11) is 0. The summed E-state index contributed by atoms with van der Waals surface area (Å²) in [5, 5.41) is 8.11. The molecular weight excluding hydrogens is 431 g/mol. The fraction of sp³-hybridized carbons (Fsp3) is 0.211. The monoisotopic (exact) mass is 444 g/mol. The minimum Gasteiger partial charge on any atom is -0.473 e. The Balaban J connectivity index is 2.17. The van der Waals surface area contributed by atoms with Crippen LogP contribution in [0.15, 0.2) is 36.4 Å². The molecule has 0 bridgehead atoms. The van der Waals surface area contributed by atoms with Gasteiger partial charge in [-0.3, -0.25) is 0 Å². The first-order valence-corrected chi connectivity index (χ1v) is 9.20. The standard InChI is InChI=1S/C19H15Cl3O6/c1-10(11-5-3-2-4-6-11)7-8-27-18(25)14-15(22)12(20)9-13(21)16(14)28-19(26)17(23)24/h2-6,9-10H,7-8H2,1H3,(H,23,24). The minimum absolute atomic E-state index is 0.0433. The van der Waals surface area contributed by atoms with Crippen molar-refractivity contribution in [2.24, 2.45) is 0 Å². The van der Waals surface area contributed by atoms with Gasteiger partial charge in [-0.05, 0) is 24.0 Å². The largest absolute Gasteiger partial charge is 0.473 e. The van der Waals surface area contributed by atoms with Gasteiger partial charge in [0.2, 0.25) is 0 Å². The van der Waals surface area contributed by atoms with E-state index in [1.165, 1.54) is 0 Å². The maximum Gasteiger partial charge on any atom is 0.422 e. The number of benzene rings is 2. The Morgan fingerprint density at radius 2 is 1.71 bits per heavy atom. The Hall–Kier alpha value is -2.28. The van der Waals surface area contributed by atoms with Gasteiger partial charge in [0.05, 0.1) is 21.7 Å². The van der Waals surface area contributed by atoms with Crippen molar-refractivity contribution in [3.8, 4) is 5.75 Å². The molecule has 0 heterocycles. The fourth-order valence-corrected chi connectivity index (χ4v) is 3.07. The van der Waals surface area contributed by atoms with Crippen LogP contribution >= 0.6 is 34.8 Å². The second-order valence-corrected chi connectivity index (χ2v) is 6.98. The highest BCUT2D eigenvalue weighted by molar-refractivity contribution is 6.46. The first kappa shape index (κ1) is 22.0. The Labute approximate surface area is 175 Å². The van der Waals surface area contributed by atoms with Gasteiger partial charge in [0.1, 0.15) is 5.56 Å². The lowest BCUT2D eigenvalue weighted by Gasteiger charge is -2.15. The van der Waals surface area contributed by atoms with Crippen LogP contribution in [0.1, 0.15) is 35.2 Å². The number of carboxylic acid groups (broad SMARTS) is 1. The normalized spacial score (nSPS) is 11.6. The van der Waals surface area contributed by atoms with E-state index in [4.69, 9.17) is 44.6 Å². The van der Waals surface area contributed by atoms with Crippen LogP contribution < -0.4 is 4.74 Å². The zero-order valence-corrected chi connectivity index (χ0v) is 16.8. The van der Waals surface area contributed by atoms with Crippen LogP contribution in [-0.4, -0.2) is 29.6 Å². The van der Waals surface area contributed by atoms with Gasteiger partial charge in [-0.2, -0.15) is 0 Å². The van der Waals surface area contributed by atoms with Gasteiger partial charge < -0.3 is 14.6 Å². The average molecular weight is 446 g/mol. The summed E-state index contributed by atoms with van der Waals surface area (Å²) in [5.74, 6) is -4.84. The lowest BCUT2D eigenvalue weighted by atomic mass is 9.98. The lowest BCUT2D eigenvalue weighted by molar-refractivity contribution is -0.158. The number of aliphatic carboxylic acids is 1. The Morgan fingerprint density at radius 3 is 2.32 bits per heavy atom. The molecule has 0 amide bonds. The van der Waals surface area contributed by atoms with E-state index < -0.39 is 29.2 Å². The van der Waals surface area contributed by atoms with E-state index in [-0.39, 0.29) is 27.6 Å². The maximum atomic E-state index is 12.5. The van der Waals surface area contributed by atoms with Crippen LogP contribution in [0.3, 0.4) is 0 Å². The van der Waals surface area contributed by atoms with E-state index in [2.05, 4.69) is 4.74 Å². The molecule has 0 aromatic heterocycles. The molecule has 0 saturated heterocycles. The molecule has 1 N–H and O–H groups in total. The van der Waals surface area contributed by atoms with Crippen LogP contribution in [0.25, 0.3) is 0 Å². The van der Waals surface area contributed by atoms with Gasteiger partial charge in [-0.25, -0.2) is 14.4 Å². The Bertz CT molecular complexity index is 898. The molecule has 0 aliphatic heterocycles. The average Bonchev–Trinajstić information content (AvgIpc) is 2.66. The topological polar surface area (TPSA) is 89.9 Å². The minimum atomic E-state index is -1.86. The predicted octanol–water partition coefficient (Wildman–Crippen LogP) is 4.99. The number of halogens is 3. The Kier molecular flexibility index (Phi) is 7.69. The Morgan fingerprint density at radius 1 is 1.07 bits per heavy atom. The van der Waals surface area contributed by atoms with Crippen LogP contribution in [0, 0.1) is 0 Å². The fourth-order valence-electron chi connectivity index (χ4n) is 2.35. The summed E-state index contributed by atoms with van der Waals surface area (Å²) in [6, 6.07) is 10.8. The second kappa shape index (κ2) is 9.78. The van der Waals surface area contributed by atoms with E-state index in [0.29, 0.717) is 6.42 Å². The molecule has 6 nitrogen and oxygen atoms in total. The zero-order valence-electron chi connectivity index (χ0n) is 14.6. The smallest absolute Gasteiger partial charge is 0.422 e. The van der Waals surface area contributed by atoms with E-state index in [9.17, 15) is 14.4 Å². The van der Waals surface area contributed by atoms with Crippen molar-refractivity contribution in [3.63, 3.8) is 0 Å². The van der Waals surface area contributed by atoms with Gasteiger partial charge in [-0.1, -0.05) is 72.1 Å². The van der Waals surface area contributed by atoms with E-state index >= 15 is 0 Å². The molecule has 0 fully saturated rings. The molecule has 28 heavy (non-hydrogen) atoms. The van der Waals surface area contributed by atoms with Gasteiger partial charge in [0.15, 0.2) is 5.75 Å². The molecule has 0 aliphatic rings. The van der Waals surface area contributed by atoms with Crippen molar-refractivity contribution in [2.75, 3.05) is 6.61 Å². The molecule has 148 valence electrons. The SMILES string of the molecule is CC(CCOC(=O)c1c(Cl)c(Cl)cc(Cl)c1OC(=O)C(=O)O)c1ccccc1. The predicted molar refractivity (Wildman–Crippen MR) is 104 cm³/mol. The highest BCUT2D eigenvalue weighted by Crippen LogP contribution is 2.40. The highest BCUT2D eigenvalue weighted by Gasteiger charge is 2.28. The molecule has 0 saturated carbocycles. The third kappa shape index (κ3) is 5.38. The number of carbonyl (C=O) groups excluding carboxylic acids is 2. The highest BCUT2D eigenvalue weighted by atomic mass is 35.5. The van der Waals surface area contributed by atoms with E-state index in [1.807, 2.05) is 37.3 Å². The van der Waals surface area contributed by atoms with Crippen molar-refractivity contribution in [3.05, 3.63) is 62.6 Å². The first-order chi connectivity index (χ1) is 13.2. The molecule has 2 aromatic carbocycles. The summed E-state index contributed by atoms with van der Waals surface area (Å²) in [6.45, 7) is 2.02. The van der Waals surface area contributed by atoms with E-state index in [0.717, 1.165) is 11.6 Å². The summed E-state index contributed by atoms with van der Waals surface area (Å²) in [6.07, 6.45) is 0.520. The number of hydrogen-bond acceptors (Lipinski definition) is 5. The zero-order chi connectivity index (χ0) is 20.8. The summed E-state index contributed by atoms with van der Waals surface area (Å²) in [5.41, 5.74) is 0.666. The van der Waals surface area contributed by atoms with Gasteiger partial charge in [0.25, 0.3) is 0 Å². The van der Waals surface area contributed by atoms with Crippen LogP contribution in [-0.2, 0) is 14.3 Å². The number of hydrogen-bond donors (Lipinski definition) is 1. The third-order valence-corrected chi connectivity index (χ3v) is 4.92. The van der Waals surface area contributed by atoms with Crippen molar-refractivity contribution in [1.82, 2.24) is 0 Å². The molecule has 2 aromatic rings. The van der Waals surface area contributed by atoms with Crippen LogP contribution in [0.5, 0.6) is 5.75 Å². The number of rotatable bonds is 6. The third-order valence-electron chi connectivity index (χ3n) is 3.85. The van der Waals surface area contributed by atoms with Gasteiger partial charge >= 0.3 is 17.9 Å². The van der Waals surface area contributed by atoms with Crippen LogP contribution in [0.4, 0.5) is 0 Å². The van der Waals surface area contributed by atoms with Gasteiger partial charge in [-0.15, -0.1) is 0 Å². The molecule has 9 heteroatoms. The van der Waals surface area contributed by atoms with Crippen molar-refractivity contribution in [2.45, 2.75) is 19.3 Å². The van der Waals surface area contributed by atoms with Crippen molar-refractivity contribution in [1.29, 1.82) is 0 Å². The van der Waals surface area contributed by atoms with Crippen molar-refractivity contribution < 1.29 is 29.0 Å². The number of ether oxygens (including phenoxy) is 2. The maximum absolute atomic E-state index is 12.5. The molecule has 1 unspecified atom stereocenters. The summed E-state index contributed by atoms with van der Waals surface area (Å²) < 4.78 is 9.89. The number of carbonyl (C=O) groups is 3. The molecular formula is C19H15Cl3O6. The first-order valence-electron chi connectivity index (χ1n) is 8.07. The molecule has 1 atom stereocenters. The van der Waals surface area contributed by atoms with Crippen LogP contribution in [0.2, 0.25) is 15.1 Å². The summed E-state index contributed by atoms with van der Waals surface area (Å²) >= 11 is 17.9. The quantitative estimate of drug-likeness (QED) is 0.292. The molecule has 0 spiro atoms. The molecule has 2 rings (SSSR count). The lowest BCUT2D eigenvalue weighted by Crippen LogP contribution is -2.21. The van der Waals surface area contributed by atoms with Gasteiger partial charge in [0, 0.05) is 0 Å². The molecule has 0 aliphatic carbocycles. The summed E-state index contributed by atoms with van der Waals surface area (Å²) in [4.78, 5) is 34.6. The second-order valence-electron chi connectivity index (χ2n) is 5.79. The number of esters is 2. The molecule has 0 radical (unpaired) electrons. The number of carboxylic acids is 1. The van der Waals surface area contributed by atoms with E-state index in [1.54, 1.807) is 0 Å².